The first-order chi connectivity index (χ1) is 17.6. The van der Waals surface area contributed by atoms with Gasteiger partial charge in [-0.2, -0.15) is 5.10 Å². The summed E-state index contributed by atoms with van der Waals surface area (Å²) in [7, 11) is 1.55. The lowest BCUT2D eigenvalue weighted by molar-refractivity contribution is -0.123. The molecule has 0 saturated carbocycles. The number of hydrogen-bond donors (Lipinski definition) is 1. The summed E-state index contributed by atoms with van der Waals surface area (Å²) in [5.41, 5.74) is 1.95. The minimum absolute atomic E-state index is 0.0607. The number of halogens is 2. The van der Waals surface area contributed by atoms with Crippen LogP contribution in [0, 0.1) is 5.82 Å². The fraction of sp³-hybridized carbons (Fsp3) is 0.370. The van der Waals surface area contributed by atoms with E-state index in [0.717, 1.165) is 0 Å². The summed E-state index contributed by atoms with van der Waals surface area (Å²) in [4.78, 5) is 27.9. The summed E-state index contributed by atoms with van der Waals surface area (Å²) >= 11 is 7.92. The standard InChI is InChI=1S/C27H30ClFN4O3S/c1-27(2,3)25-23-24(17-9-5-7-11-19(17)29)37-16-22(35)32(15-21(34)30-13-14-36-4)26(23)33(31-25)20-12-8-6-10-18(20)28/h5-12,24H,13-16H2,1-4H3,(H,30,34). The van der Waals surface area contributed by atoms with E-state index < -0.39 is 10.7 Å². The molecule has 1 atom stereocenters. The predicted molar refractivity (Wildman–Crippen MR) is 145 cm³/mol. The van der Waals surface area contributed by atoms with Gasteiger partial charge in [0.15, 0.2) is 0 Å². The van der Waals surface area contributed by atoms with E-state index in [0.29, 0.717) is 46.5 Å². The zero-order valence-electron chi connectivity index (χ0n) is 21.3. The number of benzene rings is 2. The molecule has 196 valence electrons. The number of amides is 2. The average Bonchev–Trinajstić information content (AvgIpc) is 3.18. The van der Waals surface area contributed by atoms with Gasteiger partial charge >= 0.3 is 0 Å². The lowest BCUT2D eigenvalue weighted by Crippen LogP contribution is -2.43. The third kappa shape index (κ3) is 5.68. The third-order valence-corrected chi connectivity index (χ3v) is 7.55. The van der Waals surface area contributed by atoms with Crippen LogP contribution in [0.3, 0.4) is 0 Å². The van der Waals surface area contributed by atoms with Gasteiger partial charge in [0.05, 0.1) is 34.0 Å². The van der Waals surface area contributed by atoms with Crippen LogP contribution in [0.25, 0.3) is 5.69 Å². The molecule has 0 saturated heterocycles. The monoisotopic (exact) mass is 544 g/mol. The number of hydrogen-bond acceptors (Lipinski definition) is 5. The van der Waals surface area contributed by atoms with Gasteiger partial charge in [0.1, 0.15) is 18.2 Å². The second-order valence-electron chi connectivity index (χ2n) is 9.73. The van der Waals surface area contributed by atoms with E-state index in [1.165, 1.54) is 22.7 Å². The Bertz CT molecular complexity index is 1310. The summed E-state index contributed by atoms with van der Waals surface area (Å²) in [6.45, 7) is 6.49. The predicted octanol–water partition coefficient (Wildman–Crippen LogP) is 4.89. The molecule has 2 aromatic carbocycles. The molecule has 0 fully saturated rings. The van der Waals surface area contributed by atoms with Crippen molar-refractivity contribution in [1.82, 2.24) is 15.1 Å². The molecule has 4 rings (SSSR count). The van der Waals surface area contributed by atoms with Crippen molar-refractivity contribution in [2.24, 2.45) is 0 Å². The molecule has 0 radical (unpaired) electrons. The summed E-state index contributed by atoms with van der Waals surface area (Å²) in [6.07, 6.45) is 0. The molecule has 10 heteroatoms. The van der Waals surface area contributed by atoms with E-state index in [4.69, 9.17) is 21.4 Å². The Morgan fingerprint density at radius 2 is 1.92 bits per heavy atom. The fourth-order valence-electron chi connectivity index (χ4n) is 4.29. The fourth-order valence-corrected chi connectivity index (χ4v) is 5.73. The third-order valence-electron chi connectivity index (χ3n) is 6.00. The van der Waals surface area contributed by atoms with E-state index >= 15 is 4.39 Å². The van der Waals surface area contributed by atoms with Gasteiger partial charge in [0.25, 0.3) is 0 Å². The number of carbonyl (C=O) groups excluding carboxylic acids is 2. The highest BCUT2D eigenvalue weighted by Crippen LogP contribution is 2.49. The van der Waals surface area contributed by atoms with Crippen LogP contribution in [0.1, 0.15) is 42.8 Å². The molecule has 0 aliphatic carbocycles. The molecule has 37 heavy (non-hydrogen) atoms. The molecule has 1 aliphatic rings. The number of para-hydroxylation sites is 1. The van der Waals surface area contributed by atoms with Gasteiger partial charge in [0, 0.05) is 30.2 Å². The van der Waals surface area contributed by atoms with Crippen LogP contribution < -0.4 is 10.2 Å². The Labute approximate surface area is 225 Å². The van der Waals surface area contributed by atoms with Crippen molar-refractivity contribution in [2.45, 2.75) is 31.4 Å². The molecule has 1 N–H and O–H groups in total. The number of fused-ring (bicyclic) bond motifs is 1. The molecule has 7 nitrogen and oxygen atoms in total. The second kappa shape index (κ2) is 11.2. The van der Waals surface area contributed by atoms with Gasteiger partial charge in [0.2, 0.25) is 11.8 Å². The molecule has 1 unspecified atom stereocenters. The molecule has 1 aliphatic heterocycles. The lowest BCUT2D eigenvalue weighted by atomic mass is 9.87. The van der Waals surface area contributed by atoms with Gasteiger partial charge < -0.3 is 10.1 Å². The first-order valence-corrected chi connectivity index (χ1v) is 13.4. The Morgan fingerprint density at radius 3 is 2.59 bits per heavy atom. The van der Waals surface area contributed by atoms with Crippen LogP contribution >= 0.6 is 23.4 Å². The molecular formula is C27H30ClFN4O3S. The number of nitrogens with zero attached hydrogens (tertiary/aromatic N) is 3. The topological polar surface area (TPSA) is 76.5 Å². The SMILES string of the molecule is COCCNC(=O)CN1C(=O)CSC(c2ccccc2F)c2c(C(C)(C)C)nn(-c3ccccc3Cl)c21. The zero-order valence-corrected chi connectivity index (χ0v) is 22.8. The summed E-state index contributed by atoms with van der Waals surface area (Å²) in [5, 5.41) is 7.66. The maximum atomic E-state index is 15.2. The smallest absolute Gasteiger partial charge is 0.240 e. The number of nitrogens with one attached hydrogen (secondary N) is 1. The number of carbonyl (C=O) groups is 2. The molecule has 3 aromatic rings. The highest BCUT2D eigenvalue weighted by Gasteiger charge is 2.40. The Kier molecular flexibility index (Phi) is 8.26. The zero-order chi connectivity index (χ0) is 26.7. The van der Waals surface area contributed by atoms with E-state index in [1.54, 1.807) is 42.1 Å². The largest absolute Gasteiger partial charge is 0.383 e. The van der Waals surface area contributed by atoms with Gasteiger partial charge in [-0.05, 0) is 18.2 Å². The molecule has 2 amide bonds. The van der Waals surface area contributed by atoms with Gasteiger partial charge in [-0.15, -0.1) is 11.8 Å². The normalized spacial score (nSPS) is 15.9. The van der Waals surface area contributed by atoms with Crippen molar-refractivity contribution in [1.29, 1.82) is 0 Å². The summed E-state index contributed by atoms with van der Waals surface area (Å²) in [5.74, 6) is -0.501. The van der Waals surface area contributed by atoms with Crippen LogP contribution in [-0.2, 0) is 19.7 Å². The van der Waals surface area contributed by atoms with E-state index in [-0.39, 0.29) is 29.9 Å². The summed E-state index contributed by atoms with van der Waals surface area (Å²) in [6, 6.07) is 13.7. The minimum atomic E-state index is -0.521. The van der Waals surface area contributed by atoms with Crippen molar-refractivity contribution in [2.75, 3.05) is 37.5 Å². The first kappa shape index (κ1) is 27.2. The van der Waals surface area contributed by atoms with Crippen LogP contribution in [0.4, 0.5) is 10.2 Å². The maximum absolute atomic E-state index is 15.2. The van der Waals surface area contributed by atoms with Gasteiger partial charge in [-0.1, -0.05) is 62.7 Å². The number of aromatic nitrogens is 2. The van der Waals surface area contributed by atoms with Crippen LogP contribution in [0.5, 0.6) is 0 Å². The van der Waals surface area contributed by atoms with Crippen molar-refractivity contribution >= 4 is 41.0 Å². The molecule has 1 aromatic heterocycles. The maximum Gasteiger partial charge on any atom is 0.240 e. The van der Waals surface area contributed by atoms with E-state index in [2.05, 4.69) is 5.32 Å². The van der Waals surface area contributed by atoms with Crippen LogP contribution in [0.15, 0.2) is 48.5 Å². The van der Waals surface area contributed by atoms with Crippen LogP contribution in [0.2, 0.25) is 5.02 Å². The number of anilines is 1. The Hall–Kier alpha value is -2.88. The quantitative estimate of drug-likeness (QED) is 0.428. The van der Waals surface area contributed by atoms with Crippen molar-refractivity contribution < 1.29 is 18.7 Å². The van der Waals surface area contributed by atoms with Gasteiger partial charge in [-0.25, -0.2) is 9.07 Å². The average molecular weight is 545 g/mol. The Morgan fingerprint density at radius 1 is 1.22 bits per heavy atom. The number of thioether (sulfide) groups is 1. The lowest BCUT2D eigenvalue weighted by Gasteiger charge is -2.24. The van der Waals surface area contributed by atoms with Gasteiger partial charge in [-0.3, -0.25) is 14.5 Å². The van der Waals surface area contributed by atoms with Crippen LogP contribution in [-0.4, -0.2) is 54.2 Å². The van der Waals surface area contributed by atoms with Crippen molar-refractivity contribution in [3.63, 3.8) is 0 Å². The van der Waals surface area contributed by atoms with E-state index in [9.17, 15) is 9.59 Å². The van der Waals surface area contributed by atoms with E-state index in [1.807, 2.05) is 32.9 Å². The van der Waals surface area contributed by atoms with Crippen molar-refractivity contribution in [3.8, 4) is 5.69 Å². The van der Waals surface area contributed by atoms with Crippen molar-refractivity contribution in [3.05, 3.63) is 76.2 Å². The minimum Gasteiger partial charge on any atom is -0.383 e. The molecule has 0 bridgehead atoms. The molecular weight excluding hydrogens is 515 g/mol. The summed E-state index contributed by atoms with van der Waals surface area (Å²) < 4.78 is 21.8. The number of rotatable bonds is 7. The molecule has 2 heterocycles. The first-order valence-electron chi connectivity index (χ1n) is 11.9. The number of ether oxygens (including phenoxy) is 1. The molecule has 0 spiro atoms. The highest BCUT2D eigenvalue weighted by atomic mass is 35.5. The highest BCUT2D eigenvalue weighted by molar-refractivity contribution is 8.00. The second-order valence-corrected chi connectivity index (χ2v) is 11.2. The Balaban J connectivity index is 1.98. The number of methoxy groups -OCH3 is 1.